The lowest BCUT2D eigenvalue weighted by atomic mass is 10.00. The molecule has 1 aromatic carbocycles. The van der Waals surface area contributed by atoms with Crippen LogP contribution in [0.5, 0.6) is 0 Å². The monoisotopic (exact) mass is 446 g/mol. The third-order valence-corrected chi connectivity index (χ3v) is 5.01. The predicted molar refractivity (Wildman–Crippen MR) is 100 cm³/mol. The minimum Gasteiger partial charge on any atom is -0.378 e. The molecule has 1 aromatic heterocycles. The first-order chi connectivity index (χ1) is 14.6. The van der Waals surface area contributed by atoms with E-state index in [1.165, 1.54) is 18.7 Å². The molecule has 1 unspecified atom stereocenters. The smallest absolute Gasteiger partial charge is 0.378 e. The summed E-state index contributed by atoms with van der Waals surface area (Å²) < 4.78 is 78.3. The number of hydrogen-bond acceptors (Lipinski definition) is 5. The number of carbonyl (C=O) groups excluding carboxylic acids is 1. The van der Waals surface area contributed by atoms with E-state index >= 15 is 0 Å². The van der Waals surface area contributed by atoms with E-state index in [9.17, 15) is 31.1 Å². The van der Waals surface area contributed by atoms with Crippen molar-refractivity contribution in [1.29, 1.82) is 0 Å². The predicted octanol–water partition coefficient (Wildman–Crippen LogP) is 4.72. The van der Waals surface area contributed by atoms with Gasteiger partial charge in [-0.05, 0) is 44.1 Å². The molecule has 1 atom stereocenters. The maximum Gasteiger partial charge on any atom is 0.416 e. The minimum absolute atomic E-state index is 0.0465. The second kappa shape index (κ2) is 9.21. The Morgan fingerprint density at radius 1 is 0.935 bits per heavy atom. The van der Waals surface area contributed by atoms with E-state index in [0.717, 1.165) is 19.3 Å². The Balaban J connectivity index is 1.83. The number of nitrogens with zero attached hydrogens (tertiary/aromatic N) is 3. The summed E-state index contributed by atoms with van der Waals surface area (Å²) in [5.41, 5.74) is -2.80. The van der Waals surface area contributed by atoms with Gasteiger partial charge in [0.15, 0.2) is 5.78 Å². The molecule has 1 saturated heterocycles. The molecule has 0 spiro atoms. The maximum atomic E-state index is 13.0. The molecule has 2 heterocycles. The van der Waals surface area contributed by atoms with Crippen LogP contribution in [0.2, 0.25) is 0 Å². The molecular formula is C20H20F6N4O. The van der Waals surface area contributed by atoms with Crippen molar-refractivity contribution in [2.75, 3.05) is 25.0 Å². The first kappa shape index (κ1) is 23.0. The summed E-state index contributed by atoms with van der Waals surface area (Å²) in [6.45, 7) is 0.842. The average Bonchev–Trinajstić information content (AvgIpc) is 2.72. The van der Waals surface area contributed by atoms with Crippen LogP contribution >= 0.6 is 0 Å². The summed E-state index contributed by atoms with van der Waals surface area (Å²) in [7, 11) is 0. The molecule has 0 bridgehead atoms. The molecule has 0 aliphatic carbocycles. The Labute approximate surface area is 174 Å². The molecule has 11 heteroatoms. The number of alkyl halides is 6. The number of Topliss-reactive ketones (excluding diaryl/α,β-unsaturated/α-hetero) is 1. The standard InChI is InChI=1S/C20H20F6N4O/c21-19(22,23)14-6-15(20(24,25)26)8-16(7-14)29-11-17(31)18(13-9-27-12-28-10-13)30-4-2-1-3-5-30/h6-10,12,18,29H,1-5,11H2. The van der Waals surface area contributed by atoms with Gasteiger partial charge in [-0.15, -0.1) is 0 Å². The van der Waals surface area contributed by atoms with Crippen LogP contribution < -0.4 is 5.32 Å². The van der Waals surface area contributed by atoms with E-state index < -0.39 is 47.5 Å². The fourth-order valence-electron chi connectivity index (χ4n) is 3.57. The number of likely N-dealkylation sites (tertiary alicyclic amines) is 1. The van der Waals surface area contributed by atoms with E-state index in [0.29, 0.717) is 30.8 Å². The molecule has 1 aliphatic heterocycles. The average molecular weight is 446 g/mol. The zero-order chi connectivity index (χ0) is 22.6. The SMILES string of the molecule is O=C(CNc1cc(C(F)(F)F)cc(C(F)(F)F)c1)C(c1cncnc1)N1CCCCC1. The lowest BCUT2D eigenvalue weighted by Gasteiger charge is -2.33. The fourth-order valence-corrected chi connectivity index (χ4v) is 3.57. The number of hydrogen-bond donors (Lipinski definition) is 1. The number of aromatic nitrogens is 2. The Morgan fingerprint density at radius 3 is 2.00 bits per heavy atom. The summed E-state index contributed by atoms with van der Waals surface area (Å²) in [5, 5.41) is 2.44. The highest BCUT2D eigenvalue weighted by Gasteiger charge is 2.37. The van der Waals surface area contributed by atoms with E-state index in [1.807, 2.05) is 4.90 Å². The van der Waals surface area contributed by atoms with Gasteiger partial charge in [-0.3, -0.25) is 9.69 Å². The molecule has 31 heavy (non-hydrogen) atoms. The number of benzene rings is 1. The molecule has 2 aromatic rings. The Morgan fingerprint density at radius 2 is 1.48 bits per heavy atom. The summed E-state index contributed by atoms with van der Waals surface area (Å²) >= 11 is 0. The zero-order valence-electron chi connectivity index (χ0n) is 16.3. The quantitative estimate of drug-likeness (QED) is 0.651. The largest absolute Gasteiger partial charge is 0.416 e. The van der Waals surface area contributed by atoms with Gasteiger partial charge in [0.1, 0.15) is 6.33 Å². The van der Waals surface area contributed by atoms with E-state index in [1.54, 1.807) is 0 Å². The molecule has 1 aliphatic rings. The van der Waals surface area contributed by atoms with Gasteiger partial charge in [-0.2, -0.15) is 26.3 Å². The number of ketones is 1. The molecule has 1 N–H and O–H groups in total. The molecule has 3 rings (SSSR count). The van der Waals surface area contributed by atoms with Gasteiger partial charge < -0.3 is 5.32 Å². The third kappa shape index (κ3) is 5.93. The Bertz CT molecular complexity index is 863. The Hall–Kier alpha value is -2.69. The van der Waals surface area contributed by atoms with Crippen molar-refractivity contribution in [2.24, 2.45) is 0 Å². The van der Waals surface area contributed by atoms with Crippen LogP contribution in [0.15, 0.2) is 36.9 Å². The molecule has 5 nitrogen and oxygen atoms in total. The van der Waals surface area contributed by atoms with Gasteiger partial charge in [-0.25, -0.2) is 9.97 Å². The van der Waals surface area contributed by atoms with Gasteiger partial charge >= 0.3 is 12.4 Å². The van der Waals surface area contributed by atoms with Crippen LogP contribution in [0.25, 0.3) is 0 Å². The summed E-state index contributed by atoms with van der Waals surface area (Å²) in [6.07, 6.45) is -2.86. The summed E-state index contributed by atoms with van der Waals surface area (Å²) in [5.74, 6) is -0.400. The minimum atomic E-state index is -4.96. The van der Waals surface area contributed by atoms with Crippen molar-refractivity contribution in [3.05, 3.63) is 53.6 Å². The van der Waals surface area contributed by atoms with Crippen LogP contribution in [0.3, 0.4) is 0 Å². The Kier molecular flexibility index (Phi) is 6.83. The normalized spacial score (nSPS) is 16.7. The molecule has 0 saturated carbocycles. The lowest BCUT2D eigenvalue weighted by Crippen LogP contribution is -2.40. The van der Waals surface area contributed by atoms with Crippen LogP contribution in [-0.2, 0) is 17.1 Å². The number of carbonyl (C=O) groups is 1. The van der Waals surface area contributed by atoms with E-state index in [-0.39, 0.29) is 6.07 Å². The third-order valence-electron chi connectivity index (χ3n) is 5.01. The lowest BCUT2D eigenvalue weighted by molar-refractivity contribution is -0.143. The highest BCUT2D eigenvalue weighted by Crippen LogP contribution is 2.37. The second-order valence-electron chi connectivity index (χ2n) is 7.29. The number of anilines is 1. The van der Waals surface area contributed by atoms with Gasteiger partial charge in [0.25, 0.3) is 0 Å². The second-order valence-corrected chi connectivity index (χ2v) is 7.29. The molecule has 1 fully saturated rings. The molecule has 0 radical (unpaired) electrons. The van der Waals surface area contributed by atoms with Crippen LogP contribution in [-0.4, -0.2) is 40.3 Å². The van der Waals surface area contributed by atoms with Crippen molar-refractivity contribution in [2.45, 2.75) is 37.7 Å². The first-order valence-electron chi connectivity index (χ1n) is 9.61. The number of piperidine rings is 1. The number of halogens is 6. The van der Waals surface area contributed by atoms with Gasteiger partial charge in [-0.1, -0.05) is 6.42 Å². The zero-order valence-corrected chi connectivity index (χ0v) is 16.3. The summed E-state index contributed by atoms with van der Waals surface area (Å²) in [6, 6.07) is 0.431. The highest BCUT2D eigenvalue weighted by atomic mass is 19.4. The van der Waals surface area contributed by atoms with Crippen molar-refractivity contribution >= 4 is 11.5 Å². The first-order valence-corrected chi connectivity index (χ1v) is 9.61. The highest BCUT2D eigenvalue weighted by molar-refractivity contribution is 5.89. The molecule has 168 valence electrons. The van der Waals surface area contributed by atoms with Gasteiger partial charge in [0, 0.05) is 23.6 Å². The van der Waals surface area contributed by atoms with Crippen LogP contribution in [0.4, 0.5) is 32.0 Å². The van der Waals surface area contributed by atoms with Gasteiger partial charge in [0.05, 0.1) is 23.7 Å². The summed E-state index contributed by atoms with van der Waals surface area (Å²) in [4.78, 5) is 22.7. The van der Waals surface area contributed by atoms with Crippen LogP contribution in [0.1, 0.15) is 42.0 Å². The number of nitrogens with one attached hydrogen (secondary N) is 1. The van der Waals surface area contributed by atoms with E-state index in [2.05, 4.69) is 15.3 Å². The van der Waals surface area contributed by atoms with Gasteiger partial charge in [0.2, 0.25) is 0 Å². The fraction of sp³-hybridized carbons (Fsp3) is 0.450. The molecular weight excluding hydrogens is 426 g/mol. The van der Waals surface area contributed by atoms with E-state index in [4.69, 9.17) is 0 Å². The number of rotatable bonds is 6. The van der Waals surface area contributed by atoms with Crippen molar-refractivity contribution in [1.82, 2.24) is 14.9 Å². The topological polar surface area (TPSA) is 58.1 Å². The molecule has 0 amide bonds. The maximum absolute atomic E-state index is 13.0. The van der Waals surface area contributed by atoms with Crippen molar-refractivity contribution < 1.29 is 31.1 Å². The van der Waals surface area contributed by atoms with Crippen LogP contribution in [0, 0.1) is 0 Å². The van der Waals surface area contributed by atoms with Crippen molar-refractivity contribution in [3.63, 3.8) is 0 Å². The van der Waals surface area contributed by atoms with Crippen molar-refractivity contribution in [3.8, 4) is 0 Å².